The summed E-state index contributed by atoms with van der Waals surface area (Å²) in [6.45, 7) is 4.31. The third-order valence-electron chi connectivity index (χ3n) is 2.99. The summed E-state index contributed by atoms with van der Waals surface area (Å²) >= 11 is 0. The van der Waals surface area contributed by atoms with E-state index in [1.54, 1.807) is 11.8 Å². The molecule has 4 heteroatoms. The second-order valence-corrected chi connectivity index (χ2v) is 4.48. The highest BCUT2D eigenvalue weighted by atomic mass is 16.5. The molecule has 0 aliphatic carbocycles. The molecule has 0 N–H and O–H groups in total. The number of unbranched alkanes of at least 4 members (excludes halogenated alkanes) is 1. The molecule has 1 atom stereocenters. The van der Waals surface area contributed by atoms with Crippen LogP contribution >= 0.6 is 0 Å². The maximum Gasteiger partial charge on any atom is 0.267 e. The number of fused-ring (bicyclic) bond motifs is 1. The van der Waals surface area contributed by atoms with Gasteiger partial charge in [0.05, 0.1) is 11.8 Å². The fourth-order valence-electron chi connectivity index (χ4n) is 2.06. The SMILES string of the molecule is Cc1ccc2c(c1)OC(C)C(=O)N2CCCC#N. The monoisotopic (exact) mass is 244 g/mol. The second kappa shape index (κ2) is 5.09. The van der Waals surface area contributed by atoms with Gasteiger partial charge < -0.3 is 9.64 Å². The summed E-state index contributed by atoms with van der Waals surface area (Å²) in [5.41, 5.74) is 1.91. The molecule has 1 heterocycles. The quantitative estimate of drug-likeness (QED) is 0.767. The Hall–Kier alpha value is -2.02. The van der Waals surface area contributed by atoms with E-state index in [4.69, 9.17) is 10.00 Å². The van der Waals surface area contributed by atoms with E-state index in [9.17, 15) is 4.79 Å². The van der Waals surface area contributed by atoms with Gasteiger partial charge >= 0.3 is 0 Å². The zero-order valence-corrected chi connectivity index (χ0v) is 10.6. The van der Waals surface area contributed by atoms with Crippen LogP contribution in [-0.4, -0.2) is 18.6 Å². The first-order valence-electron chi connectivity index (χ1n) is 6.09. The molecule has 1 aliphatic heterocycles. The first-order chi connectivity index (χ1) is 8.63. The summed E-state index contributed by atoms with van der Waals surface area (Å²) in [5, 5.41) is 8.57. The van der Waals surface area contributed by atoms with Crippen molar-refractivity contribution in [3.63, 3.8) is 0 Å². The van der Waals surface area contributed by atoms with E-state index in [1.807, 2.05) is 25.1 Å². The maximum absolute atomic E-state index is 12.1. The number of anilines is 1. The number of amides is 1. The largest absolute Gasteiger partial charge is 0.479 e. The smallest absolute Gasteiger partial charge is 0.267 e. The van der Waals surface area contributed by atoms with Crippen molar-refractivity contribution in [2.45, 2.75) is 32.8 Å². The molecule has 1 aliphatic rings. The summed E-state index contributed by atoms with van der Waals surface area (Å²) in [5.74, 6) is 0.711. The number of carbonyl (C=O) groups excluding carboxylic acids is 1. The molecule has 0 fully saturated rings. The molecule has 4 nitrogen and oxygen atoms in total. The van der Waals surface area contributed by atoms with E-state index in [2.05, 4.69) is 6.07 Å². The molecule has 0 radical (unpaired) electrons. The van der Waals surface area contributed by atoms with Crippen LogP contribution in [-0.2, 0) is 4.79 Å². The molecule has 2 rings (SSSR count). The number of benzene rings is 1. The fourth-order valence-corrected chi connectivity index (χ4v) is 2.06. The molecule has 0 spiro atoms. The summed E-state index contributed by atoms with van der Waals surface area (Å²) in [6, 6.07) is 7.90. The first-order valence-corrected chi connectivity index (χ1v) is 6.09. The lowest BCUT2D eigenvalue weighted by Gasteiger charge is -2.33. The molecule has 1 amide bonds. The predicted molar refractivity (Wildman–Crippen MR) is 68.5 cm³/mol. The molecular weight excluding hydrogens is 228 g/mol. The van der Waals surface area contributed by atoms with Crippen LogP contribution in [0.5, 0.6) is 5.75 Å². The lowest BCUT2D eigenvalue weighted by Crippen LogP contribution is -2.44. The Balaban J connectivity index is 2.28. The highest BCUT2D eigenvalue weighted by molar-refractivity contribution is 5.99. The predicted octanol–water partition coefficient (Wildman–Crippen LogP) is 2.41. The van der Waals surface area contributed by atoms with Gasteiger partial charge in [0, 0.05) is 13.0 Å². The van der Waals surface area contributed by atoms with Gasteiger partial charge in [0.2, 0.25) is 0 Å². The number of carbonyl (C=O) groups is 1. The average Bonchev–Trinajstić information content (AvgIpc) is 2.34. The van der Waals surface area contributed by atoms with Crippen LogP contribution < -0.4 is 9.64 Å². The van der Waals surface area contributed by atoms with Gasteiger partial charge in [-0.05, 0) is 38.0 Å². The summed E-state index contributed by atoms with van der Waals surface area (Å²) < 4.78 is 5.61. The normalized spacial score (nSPS) is 17.9. The van der Waals surface area contributed by atoms with Crippen LogP contribution in [0.1, 0.15) is 25.3 Å². The van der Waals surface area contributed by atoms with E-state index < -0.39 is 6.10 Å². The van der Waals surface area contributed by atoms with E-state index in [1.165, 1.54) is 0 Å². The van der Waals surface area contributed by atoms with E-state index in [-0.39, 0.29) is 5.91 Å². The molecule has 18 heavy (non-hydrogen) atoms. The van der Waals surface area contributed by atoms with Crippen molar-refractivity contribution in [1.29, 1.82) is 5.26 Å². The Labute approximate surface area is 107 Å². The first kappa shape index (κ1) is 12.4. The minimum Gasteiger partial charge on any atom is -0.479 e. The van der Waals surface area contributed by atoms with Crippen LogP contribution in [0.3, 0.4) is 0 Å². The summed E-state index contributed by atoms with van der Waals surface area (Å²) in [4.78, 5) is 13.8. The topological polar surface area (TPSA) is 53.3 Å². The van der Waals surface area contributed by atoms with Crippen LogP contribution in [0, 0.1) is 18.3 Å². The van der Waals surface area contributed by atoms with E-state index >= 15 is 0 Å². The molecule has 94 valence electrons. The standard InChI is InChI=1S/C14H16N2O2/c1-10-5-6-12-13(9-10)18-11(2)14(17)16(12)8-4-3-7-15/h5-6,9,11H,3-4,8H2,1-2H3. The highest BCUT2D eigenvalue weighted by Crippen LogP contribution is 2.34. The van der Waals surface area contributed by atoms with Gasteiger partial charge in [-0.25, -0.2) is 0 Å². The van der Waals surface area contributed by atoms with Crippen LogP contribution in [0.4, 0.5) is 5.69 Å². The lowest BCUT2D eigenvalue weighted by molar-refractivity contribution is -0.125. The minimum absolute atomic E-state index is 0.0377. The van der Waals surface area contributed by atoms with Crippen molar-refractivity contribution in [1.82, 2.24) is 0 Å². The number of hydrogen-bond acceptors (Lipinski definition) is 3. The van der Waals surface area contributed by atoms with Crippen molar-refractivity contribution in [2.24, 2.45) is 0 Å². The van der Waals surface area contributed by atoms with Crippen molar-refractivity contribution in [2.75, 3.05) is 11.4 Å². The number of nitrogens with zero attached hydrogens (tertiary/aromatic N) is 2. The molecule has 0 aromatic heterocycles. The van der Waals surface area contributed by atoms with Gasteiger partial charge in [0.15, 0.2) is 6.10 Å². The highest BCUT2D eigenvalue weighted by Gasteiger charge is 2.30. The summed E-state index contributed by atoms with van der Waals surface area (Å²) in [6.07, 6.45) is 0.684. The van der Waals surface area contributed by atoms with E-state index in [0.717, 1.165) is 17.0 Å². The van der Waals surface area contributed by atoms with Gasteiger partial charge in [-0.2, -0.15) is 5.26 Å². The second-order valence-electron chi connectivity index (χ2n) is 4.48. The number of nitriles is 1. The molecule has 1 unspecified atom stereocenters. The Morgan fingerprint density at radius 3 is 3.00 bits per heavy atom. The van der Waals surface area contributed by atoms with Crippen molar-refractivity contribution < 1.29 is 9.53 Å². The van der Waals surface area contributed by atoms with Crippen molar-refractivity contribution in [3.05, 3.63) is 23.8 Å². The van der Waals surface area contributed by atoms with Gasteiger partial charge in [-0.1, -0.05) is 6.07 Å². The number of aryl methyl sites for hydroxylation is 1. The van der Waals surface area contributed by atoms with Gasteiger partial charge in [-0.15, -0.1) is 0 Å². The van der Waals surface area contributed by atoms with Crippen molar-refractivity contribution >= 4 is 11.6 Å². The molecule has 0 saturated carbocycles. The van der Waals surface area contributed by atoms with Gasteiger partial charge in [-0.3, -0.25) is 4.79 Å². The van der Waals surface area contributed by atoms with Crippen molar-refractivity contribution in [3.8, 4) is 11.8 Å². The fraction of sp³-hybridized carbons (Fsp3) is 0.429. The van der Waals surface area contributed by atoms with Crippen LogP contribution in [0.25, 0.3) is 0 Å². The molecule has 1 aromatic carbocycles. The van der Waals surface area contributed by atoms with Gasteiger partial charge in [0.1, 0.15) is 5.75 Å². The Morgan fingerprint density at radius 1 is 1.50 bits per heavy atom. The Kier molecular flexibility index (Phi) is 3.52. The molecular formula is C14H16N2O2. The van der Waals surface area contributed by atoms with Crippen LogP contribution in [0.2, 0.25) is 0 Å². The third kappa shape index (κ3) is 2.30. The third-order valence-corrected chi connectivity index (χ3v) is 2.99. The van der Waals surface area contributed by atoms with Gasteiger partial charge in [0.25, 0.3) is 5.91 Å². The Bertz CT molecular complexity index is 505. The molecule has 0 bridgehead atoms. The average molecular weight is 244 g/mol. The minimum atomic E-state index is -0.457. The Morgan fingerprint density at radius 2 is 2.28 bits per heavy atom. The molecule has 0 saturated heterocycles. The lowest BCUT2D eigenvalue weighted by atomic mass is 10.1. The molecule has 1 aromatic rings. The summed E-state index contributed by atoms with van der Waals surface area (Å²) in [7, 11) is 0. The van der Waals surface area contributed by atoms with Crippen LogP contribution in [0.15, 0.2) is 18.2 Å². The number of rotatable bonds is 3. The zero-order valence-electron chi connectivity index (χ0n) is 10.6. The number of hydrogen-bond donors (Lipinski definition) is 0. The number of ether oxygens (including phenoxy) is 1. The van der Waals surface area contributed by atoms with E-state index in [0.29, 0.717) is 19.4 Å². The maximum atomic E-state index is 12.1. The zero-order chi connectivity index (χ0) is 13.1.